The lowest BCUT2D eigenvalue weighted by atomic mass is 9.71. The van der Waals surface area contributed by atoms with Gasteiger partial charge in [0.25, 0.3) is 0 Å². The molecule has 0 amide bonds. The molecule has 3 heteroatoms. The van der Waals surface area contributed by atoms with Crippen molar-refractivity contribution in [2.24, 2.45) is 0 Å². The molecular formula is C12H13ClO2. The minimum absolute atomic E-state index is 0.581. The smallest absolute Gasteiger partial charge is 0.313 e. The lowest BCUT2D eigenvalue weighted by Crippen LogP contribution is -2.36. The van der Waals surface area contributed by atoms with Crippen molar-refractivity contribution in [1.29, 1.82) is 0 Å². The fraction of sp³-hybridized carbons (Fsp3) is 0.417. The van der Waals surface area contributed by atoms with Gasteiger partial charge >= 0.3 is 5.97 Å². The van der Waals surface area contributed by atoms with Crippen molar-refractivity contribution in [2.45, 2.75) is 31.6 Å². The van der Waals surface area contributed by atoms with Crippen LogP contribution in [0, 0.1) is 0 Å². The van der Waals surface area contributed by atoms with E-state index in [0.717, 1.165) is 24.0 Å². The molecule has 1 unspecified atom stereocenters. The van der Waals surface area contributed by atoms with Crippen LogP contribution in [-0.4, -0.2) is 11.1 Å². The Kier molecular flexibility index (Phi) is 2.47. The molecule has 0 saturated heterocycles. The number of fused-ring (bicyclic) bond motifs is 1. The van der Waals surface area contributed by atoms with Crippen LogP contribution in [0.1, 0.15) is 30.9 Å². The van der Waals surface area contributed by atoms with E-state index < -0.39 is 11.4 Å². The zero-order valence-electron chi connectivity index (χ0n) is 8.59. The number of carboxylic acids is 1. The van der Waals surface area contributed by atoms with E-state index in [1.54, 1.807) is 13.0 Å². The predicted octanol–water partition coefficient (Wildman–Crippen LogP) is 3.02. The van der Waals surface area contributed by atoms with Crippen molar-refractivity contribution in [3.8, 4) is 0 Å². The molecule has 0 aromatic heterocycles. The van der Waals surface area contributed by atoms with Gasteiger partial charge in [-0.3, -0.25) is 4.79 Å². The first kappa shape index (κ1) is 10.5. The van der Waals surface area contributed by atoms with Gasteiger partial charge in [-0.2, -0.15) is 0 Å². The number of carbonyl (C=O) groups is 1. The summed E-state index contributed by atoms with van der Waals surface area (Å²) in [4.78, 5) is 11.3. The third kappa shape index (κ3) is 1.53. The van der Waals surface area contributed by atoms with Crippen LogP contribution in [0.2, 0.25) is 5.02 Å². The van der Waals surface area contributed by atoms with Gasteiger partial charge in [-0.15, -0.1) is 0 Å². The SMILES string of the molecule is CC1(C(=O)O)CCCc2cccc(Cl)c21. The second-order valence-corrected chi connectivity index (χ2v) is 4.67. The number of carboxylic acid groups (broad SMARTS) is 1. The summed E-state index contributed by atoms with van der Waals surface area (Å²) in [6.07, 6.45) is 2.51. The summed E-state index contributed by atoms with van der Waals surface area (Å²) in [5, 5.41) is 9.89. The molecule has 1 aromatic carbocycles. The van der Waals surface area contributed by atoms with Gasteiger partial charge in [-0.05, 0) is 43.4 Å². The highest BCUT2D eigenvalue weighted by molar-refractivity contribution is 6.31. The van der Waals surface area contributed by atoms with Crippen LogP contribution in [0.15, 0.2) is 18.2 Å². The number of rotatable bonds is 1. The zero-order chi connectivity index (χ0) is 11.1. The monoisotopic (exact) mass is 224 g/mol. The Hall–Kier alpha value is -1.02. The van der Waals surface area contributed by atoms with E-state index in [1.807, 2.05) is 12.1 Å². The summed E-state index contributed by atoms with van der Waals surface area (Å²) in [5.41, 5.74) is 1.08. The highest BCUT2D eigenvalue weighted by Crippen LogP contribution is 2.41. The summed E-state index contributed by atoms with van der Waals surface area (Å²) in [7, 11) is 0. The molecular weight excluding hydrogens is 212 g/mol. The highest BCUT2D eigenvalue weighted by Gasteiger charge is 2.40. The van der Waals surface area contributed by atoms with Crippen molar-refractivity contribution in [3.63, 3.8) is 0 Å². The van der Waals surface area contributed by atoms with Crippen molar-refractivity contribution in [2.75, 3.05) is 0 Å². The summed E-state index contributed by atoms with van der Waals surface area (Å²) in [6, 6.07) is 5.63. The summed E-state index contributed by atoms with van der Waals surface area (Å²) >= 11 is 6.11. The number of aliphatic carboxylic acids is 1. The van der Waals surface area contributed by atoms with Crippen LogP contribution < -0.4 is 0 Å². The number of hydrogen-bond acceptors (Lipinski definition) is 1. The fourth-order valence-corrected chi connectivity index (χ4v) is 2.77. The van der Waals surface area contributed by atoms with Gasteiger partial charge in [0.15, 0.2) is 0 Å². The largest absolute Gasteiger partial charge is 0.481 e. The molecule has 2 nitrogen and oxygen atoms in total. The van der Waals surface area contributed by atoms with Crippen LogP contribution in [0.25, 0.3) is 0 Å². The molecule has 0 bridgehead atoms. The molecule has 80 valence electrons. The Bertz CT molecular complexity index is 414. The summed E-state index contributed by atoms with van der Waals surface area (Å²) in [6.45, 7) is 1.76. The topological polar surface area (TPSA) is 37.3 Å². The number of benzene rings is 1. The van der Waals surface area contributed by atoms with Gasteiger partial charge in [-0.1, -0.05) is 23.7 Å². The first-order chi connectivity index (χ1) is 7.05. The molecule has 1 aliphatic rings. The van der Waals surface area contributed by atoms with Gasteiger partial charge in [0.1, 0.15) is 0 Å². The predicted molar refractivity (Wildman–Crippen MR) is 59.4 cm³/mol. The molecule has 0 fully saturated rings. The van der Waals surface area contributed by atoms with E-state index in [4.69, 9.17) is 11.6 Å². The molecule has 0 aliphatic heterocycles. The third-order valence-electron chi connectivity index (χ3n) is 3.25. The maximum Gasteiger partial charge on any atom is 0.313 e. The van der Waals surface area contributed by atoms with E-state index >= 15 is 0 Å². The van der Waals surface area contributed by atoms with Gasteiger partial charge in [0, 0.05) is 5.02 Å². The maximum absolute atomic E-state index is 11.3. The molecule has 0 heterocycles. The standard InChI is InChI=1S/C12H13ClO2/c1-12(11(14)15)7-3-5-8-4-2-6-9(13)10(8)12/h2,4,6H,3,5,7H2,1H3,(H,14,15). The Labute approximate surface area is 93.9 Å². The molecule has 1 aromatic rings. The van der Waals surface area contributed by atoms with Crippen LogP contribution in [0.5, 0.6) is 0 Å². The Balaban J connectivity index is 2.64. The fourth-order valence-electron chi connectivity index (χ4n) is 2.37. The number of hydrogen-bond donors (Lipinski definition) is 1. The lowest BCUT2D eigenvalue weighted by molar-refractivity contribution is -0.143. The maximum atomic E-state index is 11.3. The molecule has 15 heavy (non-hydrogen) atoms. The lowest BCUT2D eigenvalue weighted by Gasteiger charge is -2.32. The van der Waals surface area contributed by atoms with E-state index in [2.05, 4.69) is 0 Å². The Morgan fingerprint density at radius 3 is 2.93 bits per heavy atom. The minimum atomic E-state index is -0.814. The quantitative estimate of drug-likeness (QED) is 0.796. The van der Waals surface area contributed by atoms with Crippen molar-refractivity contribution in [1.82, 2.24) is 0 Å². The normalized spacial score (nSPS) is 24.7. The van der Waals surface area contributed by atoms with Gasteiger partial charge in [-0.25, -0.2) is 0 Å². The van der Waals surface area contributed by atoms with Gasteiger partial charge < -0.3 is 5.11 Å². The molecule has 1 N–H and O–H groups in total. The van der Waals surface area contributed by atoms with E-state index in [1.165, 1.54) is 0 Å². The first-order valence-electron chi connectivity index (χ1n) is 5.07. The average Bonchev–Trinajstić information content (AvgIpc) is 2.17. The molecule has 1 aliphatic carbocycles. The summed E-state index contributed by atoms with van der Waals surface area (Å²) < 4.78 is 0. The third-order valence-corrected chi connectivity index (χ3v) is 3.56. The van der Waals surface area contributed by atoms with Crippen LogP contribution in [0.3, 0.4) is 0 Å². The van der Waals surface area contributed by atoms with E-state index in [-0.39, 0.29) is 0 Å². The average molecular weight is 225 g/mol. The van der Waals surface area contributed by atoms with E-state index in [0.29, 0.717) is 11.4 Å². The molecule has 0 spiro atoms. The minimum Gasteiger partial charge on any atom is -0.481 e. The highest BCUT2D eigenvalue weighted by atomic mass is 35.5. The second-order valence-electron chi connectivity index (χ2n) is 4.26. The Morgan fingerprint density at radius 2 is 2.27 bits per heavy atom. The van der Waals surface area contributed by atoms with Crippen molar-refractivity contribution >= 4 is 17.6 Å². The second kappa shape index (κ2) is 3.53. The number of halogens is 1. The van der Waals surface area contributed by atoms with E-state index in [9.17, 15) is 9.90 Å². The molecule has 1 atom stereocenters. The van der Waals surface area contributed by atoms with Crippen LogP contribution >= 0.6 is 11.6 Å². The Morgan fingerprint density at radius 1 is 1.53 bits per heavy atom. The molecule has 0 saturated carbocycles. The summed E-state index contributed by atoms with van der Waals surface area (Å²) in [5.74, 6) is -0.781. The molecule has 2 rings (SSSR count). The first-order valence-corrected chi connectivity index (χ1v) is 5.45. The van der Waals surface area contributed by atoms with Gasteiger partial charge in [0.2, 0.25) is 0 Å². The van der Waals surface area contributed by atoms with Crippen LogP contribution in [-0.2, 0) is 16.6 Å². The number of aryl methyl sites for hydroxylation is 1. The van der Waals surface area contributed by atoms with Crippen molar-refractivity contribution < 1.29 is 9.90 Å². The zero-order valence-corrected chi connectivity index (χ0v) is 9.34. The van der Waals surface area contributed by atoms with Crippen LogP contribution in [0.4, 0.5) is 0 Å². The van der Waals surface area contributed by atoms with Crippen molar-refractivity contribution in [3.05, 3.63) is 34.3 Å². The van der Waals surface area contributed by atoms with Gasteiger partial charge in [0.05, 0.1) is 5.41 Å². The molecule has 0 radical (unpaired) electrons.